The fourth-order valence-corrected chi connectivity index (χ4v) is 2.65. The highest BCUT2D eigenvalue weighted by atomic mass is 35.5. The zero-order valence-corrected chi connectivity index (χ0v) is 12.0. The molecule has 104 valence electrons. The molecule has 0 radical (unpaired) electrons. The lowest BCUT2D eigenvalue weighted by molar-refractivity contribution is -0.136. The normalized spacial score (nSPS) is 17.5. The molecule has 0 spiro atoms. The van der Waals surface area contributed by atoms with E-state index in [0.29, 0.717) is 19.0 Å². The number of para-hydroxylation sites is 1. The second kappa shape index (κ2) is 6.80. The van der Waals surface area contributed by atoms with Crippen molar-refractivity contribution in [3.63, 3.8) is 0 Å². The second-order valence-electron chi connectivity index (χ2n) is 4.83. The van der Waals surface area contributed by atoms with Crippen molar-refractivity contribution < 1.29 is 9.53 Å². The van der Waals surface area contributed by atoms with E-state index in [1.807, 2.05) is 29.2 Å². The molecule has 0 saturated heterocycles. The molecule has 1 aromatic rings. The van der Waals surface area contributed by atoms with Gasteiger partial charge in [0.25, 0.3) is 0 Å². The number of halogens is 1. The smallest absolute Gasteiger partial charge is 0.229 e. The van der Waals surface area contributed by atoms with E-state index in [1.54, 1.807) is 0 Å². The standard InChI is InChI=1S/C15H20ClNO2/c1-2-8-17(9-7-16)15(18)13-10-12-5-3-4-6-14(12)19-11-13/h3-6,13H,2,7-11H2,1H3. The minimum atomic E-state index is -0.0790. The van der Waals surface area contributed by atoms with Gasteiger partial charge in [0.15, 0.2) is 0 Å². The van der Waals surface area contributed by atoms with Crippen LogP contribution in [0.2, 0.25) is 0 Å². The molecule has 0 aromatic heterocycles. The zero-order chi connectivity index (χ0) is 13.7. The van der Waals surface area contributed by atoms with E-state index in [4.69, 9.17) is 16.3 Å². The molecule has 0 aliphatic carbocycles. The number of hydrogen-bond donors (Lipinski definition) is 0. The zero-order valence-electron chi connectivity index (χ0n) is 11.3. The van der Waals surface area contributed by atoms with Gasteiger partial charge in [-0.15, -0.1) is 11.6 Å². The van der Waals surface area contributed by atoms with Gasteiger partial charge >= 0.3 is 0 Å². The van der Waals surface area contributed by atoms with E-state index in [-0.39, 0.29) is 11.8 Å². The number of alkyl halides is 1. The maximum atomic E-state index is 12.5. The van der Waals surface area contributed by atoms with Gasteiger partial charge in [0.1, 0.15) is 12.4 Å². The third-order valence-corrected chi connectivity index (χ3v) is 3.56. The lowest BCUT2D eigenvalue weighted by Gasteiger charge is -2.30. The second-order valence-corrected chi connectivity index (χ2v) is 5.21. The van der Waals surface area contributed by atoms with Gasteiger partial charge in [-0.3, -0.25) is 4.79 Å². The molecule has 1 unspecified atom stereocenters. The molecule has 0 N–H and O–H groups in total. The third kappa shape index (κ3) is 3.41. The van der Waals surface area contributed by atoms with Gasteiger partial charge in [-0.2, -0.15) is 0 Å². The van der Waals surface area contributed by atoms with Gasteiger partial charge < -0.3 is 9.64 Å². The van der Waals surface area contributed by atoms with Gasteiger partial charge in [-0.05, 0) is 24.5 Å². The monoisotopic (exact) mass is 281 g/mol. The molecule has 1 amide bonds. The Morgan fingerprint density at radius 3 is 2.95 bits per heavy atom. The van der Waals surface area contributed by atoms with Gasteiger partial charge in [-0.1, -0.05) is 25.1 Å². The quantitative estimate of drug-likeness (QED) is 0.777. The molecule has 0 bridgehead atoms. The summed E-state index contributed by atoms with van der Waals surface area (Å²) in [5.41, 5.74) is 1.12. The van der Waals surface area contributed by atoms with Crippen LogP contribution in [0.3, 0.4) is 0 Å². The van der Waals surface area contributed by atoms with Gasteiger partial charge in [-0.25, -0.2) is 0 Å². The Morgan fingerprint density at radius 1 is 1.42 bits per heavy atom. The van der Waals surface area contributed by atoms with Crippen LogP contribution in [0, 0.1) is 5.92 Å². The molecule has 3 nitrogen and oxygen atoms in total. The number of fused-ring (bicyclic) bond motifs is 1. The van der Waals surface area contributed by atoms with Crippen molar-refractivity contribution in [1.29, 1.82) is 0 Å². The van der Waals surface area contributed by atoms with Crippen LogP contribution in [0.4, 0.5) is 0 Å². The number of benzene rings is 1. The van der Waals surface area contributed by atoms with Crippen molar-refractivity contribution in [1.82, 2.24) is 4.90 Å². The first-order valence-corrected chi connectivity index (χ1v) is 7.35. The van der Waals surface area contributed by atoms with Crippen LogP contribution >= 0.6 is 11.6 Å². The fourth-order valence-electron chi connectivity index (χ4n) is 2.45. The molecule has 0 saturated carbocycles. The highest BCUT2D eigenvalue weighted by Crippen LogP contribution is 2.27. The van der Waals surface area contributed by atoms with E-state index in [9.17, 15) is 4.79 Å². The van der Waals surface area contributed by atoms with Crippen molar-refractivity contribution in [3.05, 3.63) is 29.8 Å². The first kappa shape index (κ1) is 14.2. The Bertz CT molecular complexity index is 430. The summed E-state index contributed by atoms with van der Waals surface area (Å²) in [5.74, 6) is 1.48. The SMILES string of the molecule is CCCN(CCCl)C(=O)C1COc2ccccc2C1. The molecule has 1 heterocycles. The van der Waals surface area contributed by atoms with Crippen molar-refractivity contribution in [2.45, 2.75) is 19.8 Å². The summed E-state index contributed by atoms with van der Waals surface area (Å²) in [6.07, 6.45) is 1.71. The average molecular weight is 282 g/mol. The minimum Gasteiger partial charge on any atom is -0.492 e. The van der Waals surface area contributed by atoms with Crippen LogP contribution in [0.1, 0.15) is 18.9 Å². The molecule has 1 aliphatic heterocycles. The molecule has 0 fully saturated rings. The third-order valence-electron chi connectivity index (χ3n) is 3.39. The summed E-state index contributed by atoms with van der Waals surface area (Å²) in [6.45, 7) is 3.93. The summed E-state index contributed by atoms with van der Waals surface area (Å²) < 4.78 is 5.68. The number of carbonyl (C=O) groups excluding carboxylic acids is 1. The van der Waals surface area contributed by atoms with Crippen molar-refractivity contribution in [3.8, 4) is 5.75 Å². The van der Waals surface area contributed by atoms with Crippen LogP contribution in [-0.2, 0) is 11.2 Å². The van der Waals surface area contributed by atoms with Crippen LogP contribution in [0.5, 0.6) is 5.75 Å². The van der Waals surface area contributed by atoms with E-state index in [1.165, 1.54) is 0 Å². The first-order chi connectivity index (χ1) is 9.26. The van der Waals surface area contributed by atoms with Crippen LogP contribution in [0.25, 0.3) is 0 Å². The summed E-state index contributed by atoms with van der Waals surface area (Å²) in [7, 11) is 0. The van der Waals surface area contributed by atoms with Crippen LogP contribution < -0.4 is 4.74 Å². The Kier molecular flexibility index (Phi) is 5.08. The number of ether oxygens (including phenoxy) is 1. The molecular formula is C15H20ClNO2. The number of hydrogen-bond acceptors (Lipinski definition) is 2. The van der Waals surface area contributed by atoms with Crippen LogP contribution in [0.15, 0.2) is 24.3 Å². The van der Waals surface area contributed by atoms with Crippen molar-refractivity contribution in [2.75, 3.05) is 25.6 Å². The van der Waals surface area contributed by atoms with E-state index >= 15 is 0 Å². The Labute approximate surface area is 119 Å². The Balaban J connectivity index is 2.04. The highest BCUT2D eigenvalue weighted by Gasteiger charge is 2.28. The summed E-state index contributed by atoms with van der Waals surface area (Å²) >= 11 is 5.77. The number of nitrogens with zero attached hydrogens (tertiary/aromatic N) is 1. The average Bonchev–Trinajstić information content (AvgIpc) is 2.46. The summed E-state index contributed by atoms with van der Waals surface area (Å²) in [5, 5.41) is 0. The van der Waals surface area contributed by atoms with Crippen molar-refractivity contribution in [2.24, 2.45) is 5.92 Å². The molecular weight excluding hydrogens is 262 g/mol. The Morgan fingerprint density at radius 2 is 2.21 bits per heavy atom. The summed E-state index contributed by atoms with van der Waals surface area (Å²) in [6, 6.07) is 7.93. The van der Waals surface area contributed by atoms with Crippen LogP contribution in [-0.4, -0.2) is 36.4 Å². The van der Waals surface area contributed by atoms with Gasteiger partial charge in [0.05, 0.1) is 5.92 Å². The molecule has 1 atom stereocenters. The predicted octanol–water partition coefficient (Wildman–Crippen LogP) is 2.72. The minimum absolute atomic E-state index is 0.0790. The lowest BCUT2D eigenvalue weighted by Crippen LogP contribution is -2.42. The highest BCUT2D eigenvalue weighted by molar-refractivity contribution is 6.18. The molecule has 2 rings (SSSR count). The van der Waals surface area contributed by atoms with Crippen molar-refractivity contribution >= 4 is 17.5 Å². The maximum absolute atomic E-state index is 12.5. The van der Waals surface area contributed by atoms with E-state index in [0.717, 1.165) is 30.7 Å². The Hall–Kier alpha value is -1.22. The molecule has 1 aliphatic rings. The molecule has 19 heavy (non-hydrogen) atoms. The molecule has 4 heteroatoms. The number of carbonyl (C=O) groups is 1. The fraction of sp³-hybridized carbons (Fsp3) is 0.533. The number of rotatable bonds is 5. The lowest BCUT2D eigenvalue weighted by atomic mass is 9.95. The summed E-state index contributed by atoms with van der Waals surface area (Å²) in [4.78, 5) is 14.3. The predicted molar refractivity (Wildman–Crippen MR) is 76.7 cm³/mol. The maximum Gasteiger partial charge on any atom is 0.229 e. The molecule has 1 aromatic carbocycles. The number of amides is 1. The first-order valence-electron chi connectivity index (χ1n) is 6.81. The topological polar surface area (TPSA) is 29.5 Å². The van der Waals surface area contributed by atoms with Gasteiger partial charge in [0, 0.05) is 19.0 Å². The largest absolute Gasteiger partial charge is 0.492 e. The van der Waals surface area contributed by atoms with E-state index in [2.05, 4.69) is 6.92 Å². The van der Waals surface area contributed by atoms with Gasteiger partial charge in [0.2, 0.25) is 5.91 Å². The van der Waals surface area contributed by atoms with E-state index < -0.39 is 0 Å².